The number of alkyl halides is 3. The van der Waals surface area contributed by atoms with E-state index in [1.54, 1.807) is 55.5 Å². The van der Waals surface area contributed by atoms with Crippen LogP contribution < -0.4 is 5.32 Å². The summed E-state index contributed by atoms with van der Waals surface area (Å²) in [5.41, 5.74) is 1.29. The number of halogens is 3. The van der Waals surface area contributed by atoms with Gasteiger partial charge in [0.1, 0.15) is 9.88 Å². The first kappa shape index (κ1) is 22.4. The number of nitrogens with zero attached hydrogens (tertiary/aromatic N) is 1. The average Bonchev–Trinajstić information content (AvgIpc) is 3.21. The highest BCUT2D eigenvalue weighted by Gasteiger charge is 2.30. The number of thiazole rings is 1. The smallest absolute Gasteiger partial charge is 0.321 e. The van der Waals surface area contributed by atoms with E-state index < -0.39 is 17.6 Å². The minimum Gasteiger partial charge on any atom is -0.321 e. The number of aryl methyl sites for hydroxylation is 1. The molecule has 166 valence electrons. The van der Waals surface area contributed by atoms with E-state index in [2.05, 4.69) is 10.3 Å². The maximum absolute atomic E-state index is 13.0. The Labute approximate surface area is 191 Å². The summed E-state index contributed by atoms with van der Waals surface area (Å²) < 4.78 is 39.1. The van der Waals surface area contributed by atoms with Gasteiger partial charge in [-0.05, 0) is 31.2 Å². The number of aromatic nitrogens is 1. The van der Waals surface area contributed by atoms with Gasteiger partial charge < -0.3 is 5.32 Å². The average molecular weight is 466 g/mol. The second-order valence-corrected chi connectivity index (χ2v) is 8.24. The van der Waals surface area contributed by atoms with Crippen molar-refractivity contribution in [1.29, 1.82) is 0 Å². The normalized spacial score (nSPS) is 11.3. The highest BCUT2D eigenvalue weighted by Crippen LogP contribution is 2.34. The number of amides is 1. The number of carbonyl (C=O) groups excluding carboxylic acids is 2. The van der Waals surface area contributed by atoms with Crippen molar-refractivity contribution in [3.63, 3.8) is 0 Å². The number of nitrogens with one attached hydrogen (secondary N) is 1. The molecule has 33 heavy (non-hydrogen) atoms. The lowest BCUT2D eigenvalue weighted by molar-refractivity contribution is -0.137. The monoisotopic (exact) mass is 466 g/mol. The number of carbonyl (C=O) groups is 2. The molecule has 4 nitrogen and oxygen atoms in total. The molecule has 1 heterocycles. The summed E-state index contributed by atoms with van der Waals surface area (Å²) in [5, 5.41) is 3.06. The molecule has 0 saturated carbocycles. The predicted octanol–water partition coefficient (Wildman–Crippen LogP) is 6.62. The van der Waals surface area contributed by atoms with E-state index in [0.29, 0.717) is 27.5 Å². The van der Waals surface area contributed by atoms with Gasteiger partial charge in [0.05, 0.1) is 11.3 Å². The maximum atomic E-state index is 13.0. The number of hydrogen-bond acceptors (Lipinski definition) is 4. The first-order valence-corrected chi connectivity index (χ1v) is 10.7. The van der Waals surface area contributed by atoms with E-state index >= 15 is 0 Å². The highest BCUT2D eigenvalue weighted by atomic mass is 32.1. The van der Waals surface area contributed by atoms with Crippen LogP contribution in [0, 0.1) is 6.92 Å². The van der Waals surface area contributed by atoms with E-state index in [1.165, 1.54) is 12.1 Å². The van der Waals surface area contributed by atoms with Crippen molar-refractivity contribution in [3.8, 4) is 10.6 Å². The molecule has 4 aromatic rings. The summed E-state index contributed by atoms with van der Waals surface area (Å²) in [7, 11) is 0. The van der Waals surface area contributed by atoms with E-state index in [9.17, 15) is 22.8 Å². The van der Waals surface area contributed by atoms with Gasteiger partial charge in [0, 0.05) is 22.4 Å². The first-order chi connectivity index (χ1) is 15.7. The van der Waals surface area contributed by atoms with Crippen molar-refractivity contribution in [1.82, 2.24) is 4.98 Å². The van der Waals surface area contributed by atoms with Gasteiger partial charge in [-0.1, -0.05) is 54.6 Å². The zero-order valence-electron chi connectivity index (χ0n) is 17.3. The zero-order valence-corrected chi connectivity index (χ0v) is 18.1. The molecule has 4 rings (SSSR count). The number of benzene rings is 3. The van der Waals surface area contributed by atoms with E-state index in [-0.39, 0.29) is 16.2 Å². The SMILES string of the molecule is Cc1nc(-c2cccc(C(F)(F)F)c2)sc1C(=O)Nc1cccc(C(=O)c2ccccc2)c1. The second kappa shape index (κ2) is 8.99. The molecule has 1 N–H and O–H groups in total. The molecule has 0 fully saturated rings. The van der Waals surface area contributed by atoms with Crippen molar-refractivity contribution in [2.45, 2.75) is 13.1 Å². The molecule has 3 aromatic carbocycles. The number of ketones is 1. The predicted molar refractivity (Wildman–Crippen MR) is 122 cm³/mol. The summed E-state index contributed by atoms with van der Waals surface area (Å²) in [5.74, 6) is -0.625. The Balaban J connectivity index is 1.56. The molecule has 0 aliphatic rings. The molecule has 0 radical (unpaired) electrons. The van der Waals surface area contributed by atoms with Crippen LogP contribution in [0.2, 0.25) is 0 Å². The van der Waals surface area contributed by atoms with Gasteiger partial charge in [0.25, 0.3) is 5.91 Å². The lowest BCUT2D eigenvalue weighted by atomic mass is 10.0. The Morgan fingerprint density at radius 1 is 0.879 bits per heavy atom. The molecule has 0 spiro atoms. The summed E-state index contributed by atoms with van der Waals surface area (Å²) in [6, 6.07) is 20.2. The molecule has 0 bridgehead atoms. The number of hydrogen-bond donors (Lipinski definition) is 1. The third-order valence-electron chi connectivity index (χ3n) is 4.86. The van der Waals surface area contributed by atoms with Crippen molar-refractivity contribution >= 4 is 28.7 Å². The van der Waals surface area contributed by atoms with Crippen LogP contribution in [0.25, 0.3) is 10.6 Å². The van der Waals surface area contributed by atoms with E-state index in [1.807, 2.05) is 6.07 Å². The Kier molecular flexibility index (Phi) is 6.11. The molecule has 0 unspecified atom stereocenters. The molecular weight excluding hydrogens is 449 g/mol. The van der Waals surface area contributed by atoms with Crippen molar-refractivity contribution in [2.24, 2.45) is 0 Å². The van der Waals surface area contributed by atoms with Gasteiger partial charge in [-0.3, -0.25) is 9.59 Å². The molecular formula is C25H17F3N2O2S. The van der Waals surface area contributed by atoms with Gasteiger partial charge >= 0.3 is 6.18 Å². The van der Waals surface area contributed by atoms with Crippen LogP contribution in [0.5, 0.6) is 0 Å². The standard InChI is InChI=1S/C25H17F3N2O2S/c1-15-22(33-24(29-15)18-10-5-11-19(13-18)25(26,27)28)23(32)30-20-12-6-9-17(14-20)21(31)16-7-3-2-4-8-16/h2-14H,1H3,(H,30,32). The minimum atomic E-state index is -4.47. The van der Waals surface area contributed by atoms with Crippen LogP contribution in [-0.2, 0) is 6.18 Å². The third kappa shape index (κ3) is 5.01. The topological polar surface area (TPSA) is 59.1 Å². The summed E-state index contributed by atoms with van der Waals surface area (Å²) in [6.45, 7) is 1.62. The van der Waals surface area contributed by atoms with Crippen LogP contribution in [0.3, 0.4) is 0 Å². The largest absolute Gasteiger partial charge is 0.416 e. The van der Waals surface area contributed by atoms with Gasteiger partial charge in [-0.25, -0.2) is 4.98 Å². The Bertz CT molecular complexity index is 1330. The highest BCUT2D eigenvalue weighted by molar-refractivity contribution is 7.17. The first-order valence-electron chi connectivity index (χ1n) is 9.88. The van der Waals surface area contributed by atoms with Crippen LogP contribution in [0.1, 0.15) is 36.9 Å². The Morgan fingerprint density at radius 3 is 2.30 bits per heavy atom. The zero-order chi connectivity index (χ0) is 23.6. The minimum absolute atomic E-state index is 0.174. The fourth-order valence-electron chi connectivity index (χ4n) is 3.24. The van der Waals surface area contributed by atoms with Crippen LogP contribution in [0.4, 0.5) is 18.9 Å². The van der Waals surface area contributed by atoms with Crippen LogP contribution >= 0.6 is 11.3 Å². The summed E-state index contributed by atoms with van der Waals surface area (Å²) >= 11 is 1.01. The van der Waals surface area contributed by atoms with E-state index in [0.717, 1.165) is 23.5 Å². The van der Waals surface area contributed by atoms with E-state index in [4.69, 9.17) is 0 Å². The summed E-state index contributed by atoms with van der Waals surface area (Å²) in [4.78, 5) is 30.1. The quantitative estimate of drug-likeness (QED) is 0.336. The van der Waals surface area contributed by atoms with Gasteiger partial charge in [-0.2, -0.15) is 13.2 Å². The van der Waals surface area contributed by atoms with Crippen molar-refractivity contribution < 1.29 is 22.8 Å². The van der Waals surface area contributed by atoms with Crippen LogP contribution in [0.15, 0.2) is 78.9 Å². The third-order valence-corrected chi connectivity index (χ3v) is 6.06. The van der Waals surface area contributed by atoms with Crippen molar-refractivity contribution in [2.75, 3.05) is 5.32 Å². The van der Waals surface area contributed by atoms with Gasteiger partial charge in [0.2, 0.25) is 0 Å². The van der Waals surface area contributed by atoms with Gasteiger partial charge in [-0.15, -0.1) is 11.3 Å². The fraction of sp³-hybridized carbons (Fsp3) is 0.0800. The van der Waals surface area contributed by atoms with Gasteiger partial charge in [0.15, 0.2) is 5.78 Å². The number of rotatable bonds is 5. The Hall–Kier alpha value is -3.78. The second-order valence-electron chi connectivity index (χ2n) is 7.24. The maximum Gasteiger partial charge on any atom is 0.416 e. The molecule has 0 saturated heterocycles. The Morgan fingerprint density at radius 2 is 1.58 bits per heavy atom. The molecule has 0 aliphatic heterocycles. The molecule has 1 amide bonds. The fourth-order valence-corrected chi connectivity index (χ4v) is 4.20. The lowest BCUT2D eigenvalue weighted by Gasteiger charge is -2.07. The molecule has 0 aliphatic carbocycles. The number of anilines is 1. The van der Waals surface area contributed by atoms with Crippen molar-refractivity contribution in [3.05, 3.63) is 106 Å². The van der Waals surface area contributed by atoms with Crippen LogP contribution in [-0.4, -0.2) is 16.7 Å². The molecule has 1 aromatic heterocycles. The summed E-state index contributed by atoms with van der Waals surface area (Å²) in [6.07, 6.45) is -4.47. The lowest BCUT2D eigenvalue weighted by Crippen LogP contribution is -2.12. The molecule has 0 atom stereocenters. The molecule has 8 heteroatoms.